The number of nitrogens with one attached hydrogen (secondary N) is 1. The summed E-state index contributed by atoms with van der Waals surface area (Å²) >= 11 is 0. The Bertz CT molecular complexity index is 774. The molecule has 1 amide bonds. The van der Waals surface area contributed by atoms with E-state index >= 15 is 0 Å². The van der Waals surface area contributed by atoms with Gasteiger partial charge in [0.25, 0.3) is 11.6 Å². The minimum atomic E-state index is -0.525. The molecule has 0 spiro atoms. The van der Waals surface area contributed by atoms with Gasteiger partial charge in [0.2, 0.25) is 0 Å². The molecule has 0 aliphatic rings. The summed E-state index contributed by atoms with van der Waals surface area (Å²) in [4.78, 5) is 22.7. The van der Waals surface area contributed by atoms with E-state index in [4.69, 9.17) is 9.47 Å². The topological polar surface area (TPSA) is 90.7 Å². The van der Waals surface area contributed by atoms with Crippen LogP contribution in [0.5, 0.6) is 11.5 Å². The van der Waals surface area contributed by atoms with Crippen LogP contribution in [0.3, 0.4) is 0 Å². The molecule has 0 atom stereocenters. The highest BCUT2D eigenvalue weighted by Gasteiger charge is 2.18. The molecule has 0 fully saturated rings. The summed E-state index contributed by atoms with van der Waals surface area (Å²) in [7, 11) is 1.50. The smallest absolute Gasteiger partial charge is 0.293 e. The Labute approximate surface area is 139 Å². The van der Waals surface area contributed by atoms with Gasteiger partial charge in [0.1, 0.15) is 5.69 Å². The summed E-state index contributed by atoms with van der Waals surface area (Å²) in [6.07, 6.45) is 0. The van der Waals surface area contributed by atoms with Crippen molar-refractivity contribution in [2.45, 2.75) is 13.8 Å². The summed E-state index contributed by atoms with van der Waals surface area (Å²) in [5.41, 5.74) is 1.63. The van der Waals surface area contributed by atoms with Crippen molar-refractivity contribution in [3.63, 3.8) is 0 Å². The summed E-state index contributed by atoms with van der Waals surface area (Å²) in [6.45, 7) is 3.31. The quantitative estimate of drug-likeness (QED) is 0.648. The van der Waals surface area contributed by atoms with Crippen molar-refractivity contribution in [3.8, 4) is 11.5 Å². The molecule has 0 saturated heterocycles. The number of para-hydroxylation sites is 2. The number of ether oxygens (including phenoxy) is 2. The number of hydrogen-bond donors (Lipinski definition) is 1. The fourth-order valence-corrected chi connectivity index (χ4v) is 2.12. The number of carbonyl (C=O) groups excluding carboxylic acids is 1. The van der Waals surface area contributed by atoms with E-state index in [1.165, 1.54) is 13.2 Å². The molecule has 2 aromatic carbocycles. The van der Waals surface area contributed by atoms with Crippen LogP contribution in [0.2, 0.25) is 0 Å². The average Bonchev–Trinajstić information content (AvgIpc) is 2.56. The third-order valence-corrected chi connectivity index (χ3v) is 3.51. The standard InChI is InChI=1S/C17H18N2O5/c1-11-8-13(14(19(21)22)9-12(11)2)18-17(20)10-24-16-7-5-4-6-15(16)23-3/h4-9H,10H2,1-3H3,(H,18,20). The molecule has 2 rings (SSSR count). The average molecular weight is 330 g/mol. The van der Waals surface area contributed by atoms with E-state index in [9.17, 15) is 14.9 Å². The number of methoxy groups -OCH3 is 1. The zero-order chi connectivity index (χ0) is 17.7. The van der Waals surface area contributed by atoms with Crippen molar-refractivity contribution in [1.82, 2.24) is 0 Å². The van der Waals surface area contributed by atoms with E-state index in [-0.39, 0.29) is 18.0 Å². The number of aryl methyl sites for hydroxylation is 2. The molecular weight excluding hydrogens is 312 g/mol. The van der Waals surface area contributed by atoms with E-state index in [1.807, 2.05) is 6.92 Å². The summed E-state index contributed by atoms with van der Waals surface area (Å²) in [5.74, 6) is 0.430. The van der Waals surface area contributed by atoms with Crippen LogP contribution in [0.4, 0.5) is 11.4 Å². The lowest BCUT2D eigenvalue weighted by Gasteiger charge is -2.11. The van der Waals surface area contributed by atoms with E-state index in [1.54, 1.807) is 37.3 Å². The summed E-state index contributed by atoms with van der Waals surface area (Å²) in [6, 6.07) is 9.93. The number of rotatable bonds is 6. The Morgan fingerprint density at radius 2 is 1.79 bits per heavy atom. The molecule has 0 saturated carbocycles. The molecule has 0 bridgehead atoms. The van der Waals surface area contributed by atoms with E-state index in [0.29, 0.717) is 11.5 Å². The highest BCUT2D eigenvalue weighted by Crippen LogP contribution is 2.28. The maximum absolute atomic E-state index is 12.1. The Morgan fingerprint density at radius 3 is 2.42 bits per heavy atom. The van der Waals surface area contributed by atoms with Crippen LogP contribution in [-0.4, -0.2) is 24.5 Å². The molecule has 24 heavy (non-hydrogen) atoms. The number of hydrogen-bond acceptors (Lipinski definition) is 5. The van der Waals surface area contributed by atoms with Crippen LogP contribution in [0.25, 0.3) is 0 Å². The Morgan fingerprint density at radius 1 is 1.17 bits per heavy atom. The number of amides is 1. The molecule has 0 aromatic heterocycles. The minimum Gasteiger partial charge on any atom is -0.493 e. The monoisotopic (exact) mass is 330 g/mol. The third-order valence-electron chi connectivity index (χ3n) is 3.51. The van der Waals surface area contributed by atoms with Gasteiger partial charge in [0.15, 0.2) is 18.1 Å². The summed E-state index contributed by atoms with van der Waals surface area (Å²) in [5, 5.41) is 13.7. The molecule has 0 aliphatic heterocycles. The van der Waals surface area contributed by atoms with Crippen LogP contribution in [0, 0.1) is 24.0 Å². The molecule has 126 valence electrons. The lowest BCUT2D eigenvalue weighted by molar-refractivity contribution is -0.384. The second-order valence-electron chi connectivity index (χ2n) is 5.20. The first-order valence-electron chi connectivity index (χ1n) is 7.23. The highest BCUT2D eigenvalue weighted by atomic mass is 16.6. The third kappa shape index (κ3) is 4.01. The van der Waals surface area contributed by atoms with Crippen molar-refractivity contribution in [1.29, 1.82) is 0 Å². The number of nitro benzene ring substituents is 1. The molecular formula is C17H18N2O5. The summed E-state index contributed by atoms with van der Waals surface area (Å²) < 4.78 is 10.5. The van der Waals surface area contributed by atoms with E-state index in [0.717, 1.165) is 11.1 Å². The normalized spacial score (nSPS) is 10.1. The van der Waals surface area contributed by atoms with Crippen molar-refractivity contribution in [2.75, 3.05) is 19.0 Å². The second kappa shape index (κ2) is 7.45. The lowest BCUT2D eigenvalue weighted by Crippen LogP contribution is -2.21. The Balaban J connectivity index is 2.10. The van der Waals surface area contributed by atoms with Gasteiger partial charge in [0, 0.05) is 6.07 Å². The van der Waals surface area contributed by atoms with Crippen LogP contribution in [0.15, 0.2) is 36.4 Å². The fraction of sp³-hybridized carbons (Fsp3) is 0.235. The highest BCUT2D eigenvalue weighted by molar-refractivity contribution is 5.94. The molecule has 0 heterocycles. The van der Waals surface area contributed by atoms with Crippen molar-refractivity contribution < 1.29 is 19.2 Å². The Hall–Kier alpha value is -3.09. The molecule has 7 nitrogen and oxygen atoms in total. The maximum atomic E-state index is 12.1. The first kappa shape index (κ1) is 17.3. The first-order valence-corrected chi connectivity index (χ1v) is 7.23. The zero-order valence-electron chi connectivity index (χ0n) is 13.7. The largest absolute Gasteiger partial charge is 0.493 e. The number of nitro groups is 1. The van der Waals surface area contributed by atoms with Crippen LogP contribution >= 0.6 is 0 Å². The predicted molar refractivity (Wildman–Crippen MR) is 89.7 cm³/mol. The Kier molecular flexibility index (Phi) is 5.36. The molecule has 2 aromatic rings. The van der Waals surface area contributed by atoms with Gasteiger partial charge in [-0.25, -0.2) is 0 Å². The van der Waals surface area contributed by atoms with Crippen molar-refractivity contribution in [3.05, 3.63) is 57.6 Å². The van der Waals surface area contributed by atoms with Gasteiger partial charge in [-0.2, -0.15) is 0 Å². The minimum absolute atomic E-state index is 0.149. The first-order chi connectivity index (χ1) is 11.4. The number of benzene rings is 2. The van der Waals surface area contributed by atoms with Gasteiger partial charge >= 0.3 is 0 Å². The number of anilines is 1. The van der Waals surface area contributed by atoms with E-state index in [2.05, 4.69) is 5.32 Å². The molecule has 1 N–H and O–H groups in total. The van der Waals surface area contributed by atoms with Gasteiger partial charge in [-0.05, 0) is 43.2 Å². The van der Waals surface area contributed by atoms with Gasteiger partial charge in [-0.1, -0.05) is 12.1 Å². The van der Waals surface area contributed by atoms with E-state index < -0.39 is 10.8 Å². The lowest BCUT2D eigenvalue weighted by atomic mass is 10.1. The van der Waals surface area contributed by atoms with Gasteiger partial charge in [0.05, 0.1) is 12.0 Å². The van der Waals surface area contributed by atoms with Crippen LogP contribution < -0.4 is 14.8 Å². The molecule has 0 radical (unpaired) electrons. The van der Waals surface area contributed by atoms with Gasteiger partial charge < -0.3 is 14.8 Å². The number of nitrogens with zero attached hydrogens (tertiary/aromatic N) is 1. The van der Waals surface area contributed by atoms with Gasteiger partial charge in [-0.15, -0.1) is 0 Å². The van der Waals surface area contributed by atoms with Crippen molar-refractivity contribution >= 4 is 17.3 Å². The van der Waals surface area contributed by atoms with Crippen molar-refractivity contribution in [2.24, 2.45) is 0 Å². The maximum Gasteiger partial charge on any atom is 0.293 e. The molecule has 7 heteroatoms. The van der Waals surface area contributed by atoms with Crippen LogP contribution in [0.1, 0.15) is 11.1 Å². The second-order valence-corrected chi connectivity index (χ2v) is 5.20. The fourth-order valence-electron chi connectivity index (χ4n) is 2.12. The number of carbonyl (C=O) groups is 1. The van der Waals surface area contributed by atoms with Gasteiger partial charge in [-0.3, -0.25) is 14.9 Å². The predicted octanol–water partition coefficient (Wildman–Crippen LogP) is 3.24. The zero-order valence-corrected chi connectivity index (χ0v) is 13.7. The molecule has 0 unspecified atom stereocenters. The molecule has 0 aliphatic carbocycles. The van der Waals surface area contributed by atoms with Crippen LogP contribution in [-0.2, 0) is 4.79 Å². The SMILES string of the molecule is COc1ccccc1OCC(=O)Nc1cc(C)c(C)cc1[N+](=O)[O-].